The highest BCUT2D eigenvalue weighted by atomic mass is 32.1. The number of aromatic nitrogens is 3. The van der Waals surface area contributed by atoms with Crippen LogP contribution in [0.2, 0.25) is 0 Å². The van der Waals surface area contributed by atoms with Gasteiger partial charge in [0.05, 0.1) is 32.1 Å². The third-order valence-electron chi connectivity index (χ3n) is 5.93. The van der Waals surface area contributed by atoms with E-state index in [1.807, 2.05) is 59.5 Å². The molecule has 1 unspecified atom stereocenters. The van der Waals surface area contributed by atoms with Gasteiger partial charge in [-0.2, -0.15) is 0 Å². The van der Waals surface area contributed by atoms with Crippen LogP contribution in [0.3, 0.4) is 0 Å². The second-order valence-corrected chi connectivity index (χ2v) is 9.30. The number of ether oxygens (including phenoxy) is 2. The molecule has 38 heavy (non-hydrogen) atoms. The zero-order valence-electron chi connectivity index (χ0n) is 20.5. The van der Waals surface area contributed by atoms with Crippen LogP contribution < -0.4 is 21.3 Å². The summed E-state index contributed by atoms with van der Waals surface area (Å²) in [6.07, 6.45) is 0. The van der Waals surface area contributed by atoms with Gasteiger partial charge in [0, 0.05) is 23.4 Å². The molecule has 0 radical (unpaired) electrons. The largest absolute Gasteiger partial charge is 0.465 e. The minimum absolute atomic E-state index is 0.118. The summed E-state index contributed by atoms with van der Waals surface area (Å²) in [7, 11) is 1.30. The van der Waals surface area contributed by atoms with Gasteiger partial charge in [0.1, 0.15) is 0 Å². The van der Waals surface area contributed by atoms with Crippen molar-refractivity contribution in [3.05, 3.63) is 77.2 Å². The van der Waals surface area contributed by atoms with Crippen LogP contribution in [0.1, 0.15) is 21.3 Å². The Balaban J connectivity index is 1.33. The molecule has 1 aliphatic rings. The molecule has 12 heteroatoms. The molecule has 2 aromatic heterocycles. The Morgan fingerprint density at radius 1 is 1.05 bits per heavy atom. The van der Waals surface area contributed by atoms with Gasteiger partial charge < -0.3 is 25.4 Å². The zero-order chi connectivity index (χ0) is 26.5. The van der Waals surface area contributed by atoms with Gasteiger partial charge in [-0.1, -0.05) is 59.9 Å². The first-order valence-corrected chi connectivity index (χ1v) is 12.6. The van der Waals surface area contributed by atoms with Crippen molar-refractivity contribution in [3.8, 4) is 11.3 Å². The highest BCUT2D eigenvalue weighted by molar-refractivity contribution is 7.18. The topological polar surface area (TPSA) is 145 Å². The number of morpholine rings is 1. The number of esters is 1. The maximum atomic E-state index is 12.9. The number of rotatable bonds is 6. The fourth-order valence-electron chi connectivity index (χ4n) is 4.11. The lowest BCUT2D eigenvalue weighted by Gasteiger charge is -2.36. The number of thiazole rings is 1. The molecule has 11 nitrogen and oxygen atoms in total. The van der Waals surface area contributed by atoms with E-state index in [9.17, 15) is 9.59 Å². The molecule has 5 rings (SSSR count). The van der Waals surface area contributed by atoms with Crippen molar-refractivity contribution in [2.45, 2.75) is 6.04 Å². The van der Waals surface area contributed by atoms with Crippen LogP contribution >= 0.6 is 11.3 Å². The predicted octanol–water partition coefficient (Wildman–Crippen LogP) is 4.19. The van der Waals surface area contributed by atoms with Crippen molar-refractivity contribution >= 4 is 45.8 Å². The molecule has 4 N–H and O–H groups in total. The molecule has 4 aromatic rings. The lowest BCUT2D eigenvalue weighted by molar-refractivity contribution is 0.0607. The molecule has 0 spiro atoms. The van der Waals surface area contributed by atoms with Crippen LogP contribution in [0, 0.1) is 0 Å². The van der Waals surface area contributed by atoms with E-state index in [0.717, 1.165) is 22.5 Å². The van der Waals surface area contributed by atoms with Crippen molar-refractivity contribution < 1.29 is 19.1 Å². The van der Waals surface area contributed by atoms with E-state index in [1.165, 1.54) is 7.11 Å². The number of nitrogens with two attached hydrogens (primary N) is 1. The van der Waals surface area contributed by atoms with Crippen molar-refractivity contribution in [2.75, 3.05) is 48.1 Å². The van der Waals surface area contributed by atoms with E-state index in [1.54, 1.807) is 12.1 Å². The van der Waals surface area contributed by atoms with Crippen LogP contribution in [-0.2, 0) is 9.47 Å². The highest BCUT2D eigenvalue weighted by Gasteiger charge is 2.31. The van der Waals surface area contributed by atoms with E-state index in [4.69, 9.17) is 15.2 Å². The van der Waals surface area contributed by atoms with E-state index >= 15 is 0 Å². The molecule has 1 fully saturated rings. The Labute approximate surface area is 222 Å². The van der Waals surface area contributed by atoms with E-state index in [-0.39, 0.29) is 16.7 Å². The van der Waals surface area contributed by atoms with Crippen LogP contribution in [0.4, 0.5) is 27.2 Å². The van der Waals surface area contributed by atoms with E-state index in [2.05, 4.69) is 25.8 Å². The summed E-state index contributed by atoms with van der Waals surface area (Å²) < 4.78 is 10.6. The fraction of sp³-hybridized carbons (Fsp3) is 0.192. The van der Waals surface area contributed by atoms with Gasteiger partial charge in [-0.3, -0.25) is 5.32 Å². The Bertz CT molecular complexity index is 1430. The zero-order valence-corrected chi connectivity index (χ0v) is 21.3. The number of anilines is 4. The Kier molecular flexibility index (Phi) is 7.43. The Morgan fingerprint density at radius 3 is 2.61 bits per heavy atom. The van der Waals surface area contributed by atoms with Crippen molar-refractivity contribution in [2.24, 2.45) is 0 Å². The second-order valence-electron chi connectivity index (χ2n) is 8.32. The van der Waals surface area contributed by atoms with Crippen LogP contribution in [-0.4, -0.2) is 54.1 Å². The number of amides is 2. The molecule has 2 amide bonds. The lowest BCUT2D eigenvalue weighted by Crippen LogP contribution is -2.40. The van der Waals surface area contributed by atoms with Gasteiger partial charge in [0.15, 0.2) is 21.6 Å². The minimum Gasteiger partial charge on any atom is -0.465 e. The number of nitrogens with one attached hydrogen (secondary N) is 2. The molecule has 0 aliphatic carbocycles. The maximum Gasteiger partial charge on any atom is 0.351 e. The van der Waals surface area contributed by atoms with Crippen LogP contribution in [0.25, 0.3) is 11.3 Å². The predicted molar refractivity (Wildman–Crippen MR) is 145 cm³/mol. The summed E-state index contributed by atoms with van der Waals surface area (Å²) in [6.45, 7) is 1.37. The summed E-state index contributed by atoms with van der Waals surface area (Å²) in [5, 5.41) is 14.5. The molecular formula is C26H25N7O4S. The Hall–Kier alpha value is -4.55. The van der Waals surface area contributed by atoms with E-state index < -0.39 is 12.0 Å². The standard InChI is InChI=1S/C26H25N7O4S/c1-36-24(34)22-23(27)30-26(38-22)33-13-14-37-15-20(33)17-9-5-6-10-19(17)28-25(35)29-21-12-11-18(31-32-21)16-7-3-2-4-8-16/h2-12,20H,13-15,27H2,1H3,(H2,28,29,32,35). The minimum atomic E-state index is -0.533. The number of urea groups is 1. The highest BCUT2D eigenvalue weighted by Crippen LogP contribution is 2.37. The monoisotopic (exact) mass is 531 g/mol. The number of benzene rings is 2. The molecule has 0 bridgehead atoms. The van der Waals surface area contributed by atoms with Crippen molar-refractivity contribution in [1.82, 2.24) is 15.2 Å². The molecule has 194 valence electrons. The summed E-state index contributed by atoms with van der Waals surface area (Å²) in [4.78, 5) is 31.6. The molecule has 1 atom stereocenters. The number of nitrogen functional groups attached to an aromatic ring is 1. The fourth-order valence-corrected chi connectivity index (χ4v) is 5.08. The van der Waals surface area contributed by atoms with Gasteiger partial charge in [0.2, 0.25) is 0 Å². The van der Waals surface area contributed by atoms with Crippen molar-refractivity contribution in [1.29, 1.82) is 0 Å². The average molecular weight is 532 g/mol. The third-order valence-corrected chi connectivity index (χ3v) is 7.02. The van der Waals surface area contributed by atoms with Gasteiger partial charge >= 0.3 is 12.0 Å². The molecular weight excluding hydrogens is 506 g/mol. The number of nitrogens with zero attached hydrogens (tertiary/aromatic N) is 4. The Morgan fingerprint density at radius 2 is 1.84 bits per heavy atom. The lowest BCUT2D eigenvalue weighted by atomic mass is 10.0. The number of carbonyl (C=O) groups is 2. The SMILES string of the molecule is COC(=O)c1sc(N2CCOCC2c2ccccc2NC(=O)Nc2ccc(-c3ccccc3)nn2)nc1N. The summed E-state index contributed by atoms with van der Waals surface area (Å²) in [6, 6.07) is 19.8. The quantitative estimate of drug-likeness (QED) is 0.312. The number of carbonyl (C=O) groups excluding carboxylic acids is 2. The van der Waals surface area contributed by atoms with Crippen molar-refractivity contribution in [3.63, 3.8) is 0 Å². The smallest absolute Gasteiger partial charge is 0.351 e. The normalized spacial score (nSPS) is 15.1. The van der Waals surface area contributed by atoms with Gasteiger partial charge in [-0.25, -0.2) is 14.6 Å². The summed E-state index contributed by atoms with van der Waals surface area (Å²) in [5.41, 5.74) is 9.04. The third kappa shape index (κ3) is 5.41. The second kappa shape index (κ2) is 11.2. The number of para-hydroxylation sites is 1. The molecule has 3 heterocycles. The van der Waals surface area contributed by atoms with Crippen LogP contribution in [0.15, 0.2) is 66.7 Å². The maximum absolute atomic E-state index is 12.9. The first-order chi connectivity index (χ1) is 18.5. The van der Waals surface area contributed by atoms with Gasteiger partial charge in [0.25, 0.3) is 0 Å². The molecule has 2 aromatic carbocycles. The average Bonchev–Trinajstić information content (AvgIpc) is 3.35. The summed E-state index contributed by atoms with van der Waals surface area (Å²) in [5.74, 6) is -0.0992. The van der Waals surface area contributed by atoms with Gasteiger partial charge in [-0.05, 0) is 18.2 Å². The van der Waals surface area contributed by atoms with Gasteiger partial charge in [-0.15, -0.1) is 10.2 Å². The number of hydrogen-bond donors (Lipinski definition) is 3. The van der Waals surface area contributed by atoms with E-state index in [0.29, 0.717) is 42.1 Å². The molecule has 1 aliphatic heterocycles. The first-order valence-electron chi connectivity index (χ1n) is 11.8. The molecule has 0 saturated carbocycles. The summed E-state index contributed by atoms with van der Waals surface area (Å²) >= 11 is 1.16. The van der Waals surface area contributed by atoms with Crippen LogP contribution in [0.5, 0.6) is 0 Å². The number of methoxy groups -OCH3 is 1. The number of hydrogen-bond acceptors (Lipinski definition) is 10. The molecule has 1 saturated heterocycles. The first kappa shape index (κ1) is 25.1.